The number of carbonyl (C=O) groups is 6. The van der Waals surface area contributed by atoms with Gasteiger partial charge in [0.05, 0.1) is 35.8 Å². The molecule has 0 atom stereocenters. The van der Waals surface area contributed by atoms with Crippen LogP contribution >= 0.6 is 0 Å². The van der Waals surface area contributed by atoms with Crippen LogP contribution in [0.1, 0.15) is 0 Å². The smallest absolute Gasteiger partial charge is 0.545 e. The van der Waals surface area contributed by atoms with Crippen molar-refractivity contribution in [2.45, 2.75) is 0 Å². The summed E-state index contributed by atoms with van der Waals surface area (Å²) in [6.07, 6.45) is 2.31. The maximum absolute atomic E-state index is 9.41. The number of rotatable bonds is 6. The Labute approximate surface area is 211 Å². The fourth-order valence-electron chi connectivity index (χ4n) is 0.408. The van der Waals surface area contributed by atoms with Crippen molar-refractivity contribution in [3.63, 3.8) is 0 Å². The van der Waals surface area contributed by atoms with Gasteiger partial charge in [0.25, 0.3) is 0 Å². The molecule has 0 aromatic heterocycles. The first-order chi connectivity index (χ1) is 10.9. The predicted molar refractivity (Wildman–Crippen MR) is 57.5 cm³/mol. The monoisotopic (exact) mass is 624 g/mol. The molecule has 0 amide bonds. The molecule has 0 aromatic carbocycles. The van der Waals surface area contributed by atoms with E-state index in [0.29, 0.717) is 36.5 Å². The first-order valence-corrected chi connectivity index (χ1v) is 5.18. The van der Waals surface area contributed by atoms with E-state index in [4.69, 9.17) is 0 Å². The van der Waals surface area contributed by atoms with E-state index in [1.54, 1.807) is 0 Å². The molecule has 0 heterocycles. The van der Waals surface area contributed by atoms with Gasteiger partial charge in [-0.05, 0) is 36.5 Å². The summed E-state index contributed by atoms with van der Waals surface area (Å²) in [5, 5.41) is 56.5. The Morgan fingerprint density at radius 3 is 0.462 bits per heavy atom. The minimum absolute atomic E-state index is 0. The Balaban J connectivity index is -0.0000000817. The summed E-state index contributed by atoms with van der Waals surface area (Å²) >= 11 is 0. The molecule has 0 rings (SSSR count). The summed E-state index contributed by atoms with van der Waals surface area (Å²) in [5.74, 6) is -9.28. The summed E-state index contributed by atoms with van der Waals surface area (Å²) in [7, 11) is 0. The zero-order chi connectivity index (χ0) is 19.7. The fraction of sp³-hybridized carbons (Fsp3) is 0. The molecular formula is C12H6O12Pr2. The maximum Gasteiger partial charge on any atom is 3.00 e. The number of carboxylic acids is 6. The second-order valence-electron chi connectivity index (χ2n) is 2.91. The topological polar surface area (TPSA) is 241 Å². The molecule has 0 spiro atoms. The molecular weight excluding hydrogens is 618 g/mol. The third kappa shape index (κ3) is 56.9. The van der Waals surface area contributed by atoms with Crippen molar-refractivity contribution < 1.29 is 142 Å². The third-order valence-electron chi connectivity index (χ3n) is 1.07. The molecule has 0 saturated heterocycles. The van der Waals surface area contributed by atoms with Crippen molar-refractivity contribution >= 4 is 35.8 Å². The van der Waals surface area contributed by atoms with Crippen molar-refractivity contribution in [3.05, 3.63) is 36.5 Å². The molecule has 14 heteroatoms. The molecule has 0 saturated carbocycles. The second kappa shape index (κ2) is 23.8. The number of aliphatic carboxylic acids is 6. The van der Waals surface area contributed by atoms with Gasteiger partial charge in [0.2, 0.25) is 0 Å². The fourth-order valence-corrected chi connectivity index (χ4v) is 0.408. The molecule has 26 heavy (non-hydrogen) atoms. The standard InChI is InChI=1S/3C4H4O4.2Pr/c3*5-3(6)1-2-4(7)8;;/h3*1-2H,(H,5,6)(H,7,8);;/q;;;2*+3/p-6/b2*2-1+;2-1-;;. The molecule has 0 aliphatic rings. The van der Waals surface area contributed by atoms with Crippen molar-refractivity contribution in [2.24, 2.45) is 0 Å². The molecule has 0 N–H and O–H groups in total. The van der Waals surface area contributed by atoms with Crippen LogP contribution in [0.15, 0.2) is 36.5 Å². The van der Waals surface area contributed by atoms with Crippen LogP contribution in [0.25, 0.3) is 0 Å². The van der Waals surface area contributed by atoms with Crippen LogP contribution in [0.2, 0.25) is 0 Å². The van der Waals surface area contributed by atoms with Gasteiger partial charge in [-0.25, -0.2) is 0 Å². The second-order valence-corrected chi connectivity index (χ2v) is 2.91. The van der Waals surface area contributed by atoms with E-state index in [2.05, 4.69) is 0 Å². The summed E-state index contributed by atoms with van der Waals surface area (Å²) in [4.78, 5) is 56.5. The quantitative estimate of drug-likeness (QED) is 0.250. The molecule has 0 aliphatic carbocycles. The van der Waals surface area contributed by atoms with Gasteiger partial charge in [-0.15, -0.1) is 0 Å². The van der Waals surface area contributed by atoms with Crippen LogP contribution in [0.5, 0.6) is 0 Å². The normalized spacial score (nSPS) is 8.77. The molecule has 12 nitrogen and oxygen atoms in total. The number of carboxylic acid groups (broad SMARTS) is 6. The van der Waals surface area contributed by atoms with Gasteiger partial charge < -0.3 is 59.4 Å². The van der Waals surface area contributed by atoms with E-state index < -0.39 is 35.8 Å². The van der Waals surface area contributed by atoms with Crippen LogP contribution in [0, 0.1) is 82.6 Å². The van der Waals surface area contributed by atoms with Gasteiger partial charge in [0.1, 0.15) is 0 Å². The third-order valence-corrected chi connectivity index (χ3v) is 1.07. The van der Waals surface area contributed by atoms with Gasteiger partial charge in [-0.1, -0.05) is 0 Å². The summed E-state index contributed by atoms with van der Waals surface area (Å²) in [6, 6.07) is 0. The summed E-state index contributed by atoms with van der Waals surface area (Å²) in [5.41, 5.74) is 0. The van der Waals surface area contributed by atoms with E-state index in [9.17, 15) is 59.4 Å². The van der Waals surface area contributed by atoms with E-state index in [-0.39, 0.29) is 82.6 Å². The minimum atomic E-state index is -1.55. The number of hydrogen-bond acceptors (Lipinski definition) is 12. The average Bonchev–Trinajstić information content (AvgIpc) is 2.42. The van der Waals surface area contributed by atoms with Crippen molar-refractivity contribution in [1.29, 1.82) is 0 Å². The van der Waals surface area contributed by atoms with Crippen LogP contribution in [-0.2, 0) is 28.8 Å². The van der Waals surface area contributed by atoms with Crippen LogP contribution in [0.4, 0.5) is 0 Å². The summed E-state index contributed by atoms with van der Waals surface area (Å²) in [6.45, 7) is 0. The first kappa shape index (κ1) is 35.8. The molecule has 132 valence electrons. The van der Waals surface area contributed by atoms with Crippen molar-refractivity contribution in [3.8, 4) is 0 Å². The molecule has 0 fully saturated rings. The Bertz CT molecular complexity index is 448. The molecule has 0 radical (unpaired) electrons. The van der Waals surface area contributed by atoms with Crippen molar-refractivity contribution in [2.75, 3.05) is 0 Å². The molecule has 0 aliphatic heterocycles. The SMILES string of the molecule is O=C([O-])/C=C/C(=O)[O-].O=C([O-])/C=C/C(=O)[O-].O=C([O-])/C=C\C(=O)[O-].[Pr+3].[Pr+3]. The molecule has 0 unspecified atom stereocenters. The zero-order valence-electron chi connectivity index (χ0n) is 12.5. The predicted octanol–water partition coefficient (Wildman–Crippen LogP) is -8.87. The maximum atomic E-state index is 9.41. The van der Waals surface area contributed by atoms with Gasteiger partial charge in [-0.2, -0.15) is 0 Å². The number of hydrogen-bond donors (Lipinski definition) is 0. The Hall–Kier alpha value is -1.23. The van der Waals surface area contributed by atoms with Crippen LogP contribution in [0.3, 0.4) is 0 Å². The van der Waals surface area contributed by atoms with Gasteiger partial charge >= 0.3 is 82.6 Å². The van der Waals surface area contributed by atoms with E-state index >= 15 is 0 Å². The van der Waals surface area contributed by atoms with E-state index in [0.717, 1.165) is 0 Å². The Kier molecular flexibility index (Phi) is 32.7. The Morgan fingerprint density at radius 1 is 0.346 bits per heavy atom. The Morgan fingerprint density at radius 2 is 0.423 bits per heavy atom. The van der Waals surface area contributed by atoms with Crippen molar-refractivity contribution in [1.82, 2.24) is 0 Å². The minimum Gasteiger partial charge on any atom is -0.545 e. The van der Waals surface area contributed by atoms with Gasteiger partial charge in [-0.3, -0.25) is 0 Å². The number of carbonyl (C=O) groups excluding carboxylic acids is 6. The summed E-state index contributed by atoms with van der Waals surface area (Å²) < 4.78 is 0. The zero-order valence-corrected chi connectivity index (χ0v) is 19.9. The molecule has 0 bridgehead atoms. The molecule has 0 aromatic rings. The van der Waals surface area contributed by atoms with Crippen LogP contribution < -0.4 is 30.6 Å². The van der Waals surface area contributed by atoms with E-state index in [1.165, 1.54) is 0 Å². The van der Waals surface area contributed by atoms with Crippen LogP contribution in [-0.4, -0.2) is 35.8 Å². The van der Waals surface area contributed by atoms with E-state index in [1.807, 2.05) is 0 Å². The van der Waals surface area contributed by atoms with Gasteiger partial charge in [0.15, 0.2) is 0 Å². The average molecular weight is 624 g/mol. The largest absolute Gasteiger partial charge is 3.00 e. The first-order valence-electron chi connectivity index (χ1n) is 5.18. The van der Waals surface area contributed by atoms with Gasteiger partial charge in [0, 0.05) is 0 Å².